The molecule has 4 bridgehead atoms. The summed E-state index contributed by atoms with van der Waals surface area (Å²) in [6.07, 6.45) is -0.747. The number of rotatable bonds is 0. The third-order valence-corrected chi connectivity index (χ3v) is 8.88. The van der Waals surface area contributed by atoms with E-state index in [-0.39, 0.29) is 12.0 Å². The van der Waals surface area contributed by atoms with Gasteiger partial charge in [0, 0.05) is 17.3 Å². The molecule has 9 atom stereocenters. The smallest absolute Gasteiger partial charge is 0.208 e. The average molecular weight is 364 g/mol. The Labute approximate surface area is 152 Å². The van der Waals surface area contributed by atoms with Gasteiger partial charge in [-0.3, -0.25) is 4.79 Å². The molecule has 6 rings (SSSR count). The van der Waals surface area contributed by atoms with Crippen molar-refractivity contribution in [1.82, 2.24) is 0 Å². The molecule has 4 saturated carbocycles. The second-order valence-electron chi connectivity index (χ2n) is 9.97. The van der Waals surface area contributed by atoms with Gasteiger partial charge in [-0.2, -0.15) is 0 Å². The summed E-state index contributed by atoms with van der Waals surface area (Å²) in [5.41, 5.74) is -2.49. The molecule has 2 spiro atoms. The first-order valence-electron chi connectivity index (χ1n) is 9.71. The molecule has 26 heavy (non-hydrogen) atoms. The quantitative estimate of drug-likeness (QED) is 0.463. The lowest BCUT2D eigenvalue weighted by atomic mass is 9.35. The molecule has 0 aromatic carbocycles. The number of fused-ring (bicyclic) bond motifs is 2. The van der Waals surface area contributed by atoms with Gasteiger partial charge >= 0.3 is 0 Å². The minimum Gasteiger partial charge on any atom is -0.392 e. The molecule has 0 aromatic rings. The molecule has 6 heteroatoms. The van der Waals surface area contributed by atoms with Crippen LogP contribution in [0.5, 0.6) is 0 Å². The predicted molar refractivity (Wildman–Crippen MR) is 90.7 cm³/mol. The molecule has 0 amide bonds. The monoisotopic (exact) mass is 364 g/mol. The molecule has 0 radical (unpaired) electrons. The molecule has 3 unspecified atom stereocenters. The van der Waals surface area contributed by atoms with Crippen LogP contribution >= 0.6 is 0 Å². The third-order valence-electron chi connectivity index (χ3n) is 8.88. The lowest BCUT2D eigenvalue weighted by Gasteiger charge is -2.74. The van der Waals surface area contributed by atoms with Crippen molar-refractivity contribution in [2.75, 3.05) is 6.61 Å². The molecule has 6 aliphatic rings. The Kier molecular flexibility index (Phi) is 3.07. The number of ketones is 1. The van der Waals surface area contributed by atoms with Gasteiger partial charge in [0.15, 0.2) is 5.78 Å². The second-order valence-corrected chi connectivity index (χ2v) is 9.97. The van der Waals surface area contributed by atoms with Crippen LogP contribution < -0.4 is 0 Å². The van der Waals surface area contributed by atoms with Crippen molar-refractivity contribution in [1.29, 1.82) is 0 Å². The van der Waals surface area contributed by atoms with Crippen molar-refractivity contribution in [2.45, 2.75) is 63.6 Å². The zero-order valence-corrected chi connectivity index (χ0v) is 15.3. The highest BCUT2D eigenvalue weighted by Gasteiger charge is 2.86. The van der Waals surface area contributed by atoms with E-state index < -0.39 is 58.5 Å². The number of carbonyl (C=O) groups excluding carboxylic acids is 1. The number of aliphatic hydroxyl groups is 4. The Bertz CT molecular complexity index is 717. The highest BCUT2D eigenvalue weighted by molar-refractivity contribution is 6.05. The van der Waals surface area contributed by atoms with Crippen LogP contribution in [0.25, 0.3) is 0 Å². The highest BCUT2D eigenvalue weighted by Crippen LogP contribution is 2.76. The van der Waals surface area contributed by atoms with Crippen molar-refractivity contribution < 1.29 is 30.0 Å². The summed E-state index contributed by atoms with van der Waals surface area (Å²) in [7, 11) is 0. The van der Waals surface area contributed by atoms with Crippen LogP contribution in [0.15, 0.2) is 12.2 Å². The number of aliphatic hydroxyl groups excluding tert-OH is 3. The molecule has 2 heterocycles. The van der Waals surface area contributed by atoms with Crippen molar-refractivity contribution >= 4 is 5.78 Å². The summed E-state index contributed by atoms with van der Waals surface area (Å²) in [5, 5.41) is 45.1. The third kappa shape index (κ3) is 1.41. The van der Waals surface area contributed by atoms with Gasteiger partial charge in [0.2, 0.25) is 5.79 Å². The highest BCUT2D eigenvalue weighted by atomic mass is 16.6. The van der Waals surface area contributed by atoms with Gasteiger partial charge in [-0.05, 0) is 42.6 Å². The van der Waals surface area contributed by atoms with Crippen molar-refractivity contribution in [2.24, 2.45) is 34.0 Å². The van der Waals surface area contributed by atoms with Gasteiger partial charge in [-0.1, -0.05) is 20.4 Å². The van der Waals surface area contributed by atoms with Crippen LogP contribution in [0.3, 0.4) is 0 Å². The lowest BCUT2D eigenvalue weighted by molar-refractivity contribution is -0.458. The van der Waals surface area contributed by atoms with Gasteiger partial charge in [-0.25, -0.2) is 0 Å². The number of Topliss-reactive ketones (excluding diaryl/α,β-unsaturated/α-hetero) is 1. The van der Waals surface area contributed by atoms with E-state index in [1.54, 1.807) is 0 Å². The second kappa shape index (κ2) is 4.61. The first kappa shape index (κ1) is 17.3. The summed E-state index contributed by atoms with van der Waals surface area (Å²) < 4.78 is 5.80. The number of hydrogen-bond donors (Lipinski definition) is 4. The molecular weight excluding hydrogens is 336 g/mol. The molecule has 0 aromatic heterocycles. The fraction of sp³-hybridized carbons (Fsp3) is 0.850. The fourth-order valence-electron chi connectivity index (χ4n) is 7.90. The van der Waals surface area contributed by atoms with Crippen LogP contribution in [0.4, 0.5) is 0 Å². The van der Waals surface area contributed by atoms with Gasteiger partial charge in [0.1, 0.15) is 11.5 Å². The lowest BCUT2D eigenvalue weighted by Crippen LogP contribution is -2.85. The van der Waals surface area contributed by atoms with E-state index in [1.165, 1.54) is 0 Å². The SMILES string of the molecule is C=C1C(=O)[C@@]23C(CC[C@@H]1[C@H]2O)C12CO[C@@]3(O)[C@@H](O)[C@@H]1C(C)(C)CCC2O. The normalized spacial score (nSPS) is 59.9. The topological polar surface area (TPSA) is 107 Å². The van der Waals surface area contributed by atoms with E-state index in [1.807, 2.05) is 13.8 Å². The Morgan fingerprint density at radius 1 is 1.12 bits per heavy atom. The Morgan fingerprint density at radius 3 is 2.50 bits per heavy atom. The first-order valence-corrected chi connectivity index (χ1v) is 9.71. The predicted octanol–water partition coefficient (Wildman–Crippen LogP) is 0.376. The zero-order chi connectivity index (χ0) is 18.9. The summed E-state index contributed by atoms with van der Waals surface area (Å²) in [6.45, 7) is 8.07. The maximum Gasteiger partial charge on any atom is 0.208 e. The van der Waals surface area contributed by atoms with Crippen molar-refractivity contribution in [3.8, 4) is 0 Å². The number of hydrogen-bond acceptors (Lipinski definition) is 6. The van der Waals surface area contributed by atoms with E-state index >= 15 is 0 Å². The minimum absolute atomic E-state index is 0.0966. The standard InChI is InChI=1S/C20H28O6/c1-9-10-4-5-11-18-8-26-20(25,19(11,14(9)22)15(10)23)16(24)13(18)17(2,3)7-6-12(18)21/h10-13,15-16,21,23-25H,1,4-8H2,2-3H3/t10-,11?,12?,13+,15+,16-,18?,19-,20-/m0/s1. The first-order chi connectivity index (χ1) is 12.1. The molecule has 2 saturated heterocycles. The summed E-state index contributed by atoms with van der Waals surface area (Å²) in [5.74, 6) is -3.80. The van der Waals surface area contributed by atoms with Gasteiger partial charge in [-0.15, -0.1) is 0 Å². The van der Waals surface area contributed by atoms with E-state index in [2.05, 4.69) is 6.58 Å². The minimum atomic E-state index is -2.15. The molecular formula is C20H28O6. The van der Waals surface area contributed by atoms with Gasteiger partial charge < -0.3 is 25.2 Å². The Morgan fingerprint density at radius 2 is 1.81 bits per heavy atom. The Hall–Kier alpha value is -0.790. The van der Waals surface area contributed by atoms with E-state index in [0.29, 0.717) is 24.8 Å². The van der Waals surface area contributed by atoms with Crippen LogP contribution in [-0.4, -0.2) is 56.9 Å². The molecule has 2 aliphatic heterocycles. The van der Waals surface area contributed by atoms with Crippen molar-refractivity contribution in [3.05, 3.63) is 12.2 Å². The van der Waals surface area contributed by atoms with Crippen molar-refractivity contribution in [3.63, 3.8) is 0 Å². The summed E-state index contributed by atoms with van der Waals surface area (Å²) in [6, 6.07) is 0. The maximum absolute atomic E-state index is 13.3. The zero-order valence-electron chi connectivity index (χ0n) is 15.3. The van der Waals surface area contributed by atoms with E-state index in [9.17, 15) is 25.2 Å². The van der Waals surface area contributed by atoms with Gasteiger partial charge in [0.05, 0.1) is 18.8 Å². The molecule has 4 N–H and O–H groups in total. The summed E-state index contributed by atoms with van der Waals surface area (Å²) >= 11 is 0. The van der Waals surface area contributed by atoms with Crippen LogP contribution in [0, 0.1) is 34.0 Å². The fourth-order valence-corrected chi connectivity index (χ4v) is 7.90. The molecule has 6 fully saturated rings. The molecule has 4 aliphatic carbocycles. The molecule has 144 valence electrons. The summed E-state index contributed by atoms with van der Waals surface area (Å²) in [4.78, 5) is 13.3. The maximum atomic E-state index is 13.3. The van der Waals surface area contributed by atoms with Crippen LogP contribution in [0.2, 0.25) is 0 Å². The van der Waals surface area contributed by atoms with E-state index in [4.69, 9.17) is 4.74 Å². The Balaban J connectivity index is 1.81. The van der Waals surface area contributed by atoms with Gasteiger partial charge in [0.25, 0.3) is 0 Å². The number of carbonyl (C=O) groups is 1. The van der Waals surface area contributed by atoms with E-state index in [0.717, 1.165) is 6.42 Å². The largest absolute Gasteiger partial charge is 0.392 e. The number of ether oxygens (including phenoxy) is 1. The molecule has 6 nitrogen and oxygen atoms in total. The van der Waals surface area contributed by atoms with Crippen LogP contribution in [0.1, 0.15) is 39.5 Å². The average Bonchev–Trinajstić information content (AvgIpc) is 2.69. The van der Waals surface area contributed by atoms with Crippen LogP contribution in [-0.2, 0) is 9.53 Å².